The topological polar surface area (TPSA) is 17.8 Å². The fourth-order valence-electron chi connectivity index (χ4n) is 0.638. The van der Waals surface area contributed by atoms with E-state index < -0.39 is 0 Å². The van der Waals surface area contributed by atoms with Gasteiger partial charge in [0.25, 0.3) is 0 Å². The molecule has 0 aliphatic carbocycles. The molecule has 60 valence electrons. The molecule has 0 atom stereocenters. The molecule has 0 unspecified atom stereocenters. The molecule has 1 rings (SSSR count). The van der Waals surface area contributed by atoms with E-state index in [1.54, 1.807) is 4.68 Å². The zero-order valence-electron chi connectivity index (χ0n) is 5.52. The van der Waals surface area contributed by atoms with Crippen LogP contribution in [-0.4, -0.2) is 9.78 Å². The zero-order chi connectivity index (χ0) is 8.43. The van der Waals surface area contributed by atoms with Crippen molar-refractivity contribution in [1.82, 2.24) is 9.78 Å². The van der Waals surface area contributed by atoms with Crippen LogP contribution in [0.4, 0.5) is 0 Å². The second-order valence-electron chi connectivity index (χ2n) is 1.96. The Labute approximate surface area is 90.0 Å². The smallest absolute Gasteiger partial charge is 0.129 e. The van der Waals surface area contributed by atoms with Crippen molar-refractivity contribution in [3.63, 3.8) is 0 Å². The molecule has 0 radical (unpaired) electrons. The molecule has 0 bridgehead atoms. The minimum Gasteiger partial charge on any atom is -0.252 e. The molecule has 0 saturated heterocycles. The molecule has 0 aromatic carbocycles. The average Bonchev–Trinajstić information content (AvgIpc) is 2.09. The van der Waals surface area contributed by atoms with Crippen LogP contribution in [0.25, 0.3) is 0 Å². The van der Waals surface area contributed by atoms with Crippen molar-refractivity contribution in [3.05, 3.63) is 26.3 Å². The third-order valence-electron chi connectivity index (χ3n) is 1.02. The lowest BCUT2D eigenvalue weighted by Crippen LogP contribution is -1.99. The monoisotopic (exact) mass is 342 g/mol. The Hall–Kier alpha value is 0.390. The van der Waals surface area contributed by atoms with E-state index in [0.717, 1.165) is 13.7 Å². The van der Waals surface area contributed by atoms with Crippen molar-refractivity contribution in [1.29, 1.82) is 0 Å². The van der Waals surface area contributed by atoms with Gasteiger partial charge in [-0.25, -0.2) is 0 Å². The molecule has 0 saturated carbocycles. The number of hydrogen-bond acceptors (Lipinski definition) is 1. The van der Waals surface area contributed by atoms with Gasteiger partial charge in [-0.2, -0.15) is 5.10 Å². The first-order chi connectivity index (χ1) is 5.09. The number of allylic oxidation sites excluding steroid dienone is 1. The number of aromatic nitrogens is 2. The summed E-state index contributed by atoms with van der Waals surface area (Å²) in [5, 5.41) is 4.15. The first-order valence-corrected chi connectivity index (χ1v) is 5.19. The summed E-state index contributed by atoms with van der Waals surface area (Å²) in [7, 11) is 0. The number of halogens is 3. The lowest BCUT2D eigenvalue weighted by Gasteiger charge is -1.99. The average molecular weight is 345 g/mol. The molecular weight excluding hydrogens is 340 g/mol. The summed E-state index contributed by atoms with van der Waals surface area (Å²) in [5.74, 6) is 0. The van der Waals surface area contributed by atoms with E-state index in [-0.39, 0.29) is 0 Å². The van der Waals surface area contributed by atoms with E-state index in [4.69, 9.17) is 0 Å². The van der Waals surface area contributed by atoms with Crippen molar-refractivity contribution in [2.45, 2.75) is 6.54 Å². The van der Waals surface area contributed by atoms with Gasteiger partial charge in [-0.05, 0) is 31.9 Å². The lowest BCUT2D eigenvalue weighted by molar-refractivity contribution is 0.678. The van der Waals surface area contributed by atoms with E-state index in [0.29, 0.717) is 6.54 Å². The molecule has 0 amide bonds. The maximum Gasteiger partial charge on any atom is 0.129 e. The standard InChI is InChI=1S/C6H5Br3N2/c1-4(7)3-11-6(9)2-5(8)10-11/h2H,1,3H2. The third-order valence-corrected chi connectivity index (χ3v) is 2.30. The first-order valence-electron chi connectivity index (χ1n) is 2.81. The van der Waals surface area contributed by atoms with Gasteiger partial charge in [0.15, 0.2) is 0 Å². The minimum absolute atomic E-state index is 0.673. The van der Waals surface area contributed by atoms with Gasteiger partial charge in [0, 0.05) is 10.5 Å². The molecule has 1 aromatic heterocycles. The third kappa shape index (κ3) is 2.72. The summed E-state index contributed by atoms with van der Waals surface area (Å²) in [4.78, 5) is 0. The van der Waals surface area contributed by atoms with Crippen LogP contribution in [-0.2, 0) is 6.54 Å². The fraction of sp³-hybridized carbons (Fsp3) is 0.167. The summed E-state index contributed by atoms with van der Waals surface area (Å²) in [5.41, 5.74) is 0. The van der Waals surface area contributed by atoms with Gasteiger partial charge in [0.05, 0.1) is 6.54 Å². The molecule has 0 aliphatic rings. The zero-order valence-corrected chi connectivity index (χ0v) is 10.3. The molecule has 1 aromatic rings. The van der Waals surface area contributed by atoms with Gasteiger partial charge in [-0.1, -0.05) is 22.5 Å². The number of nitrogens with zero attached hydrogens (tertiary/aromatic N) is 2. The Bertz CT molecular complexity index is 279. The molecule has 0 N–H and O–H groups in total. The van der Waals surface area contributed by atoms with Crippen molar-refractivity contribution in [2.75, 3.05) is 0 Å². The second-order valence-corrected chi connectivity index (χ2v) is 4.71. The van der Waals surface area contributed by atoms with Crippen LogP contribution in [0.15, 0.2) is 26.3 Å². The maximum absolute atomic E-state index is 4.15. The highest BCUT2D eigenvalue weighted by atomic mass is 79.9. The summed E-state index contributed by atoms with van der Waals surface area (Å²) in [6.07, 6.45) is 0. The van der Waals surface area contributed by atoms with Crippen molar-refractivity contribution in [3.8, 4) is 0 Å². The normalized spacial score (nSPS) is 10.1. The van der Waals surface area contributed by atoms with Gasteiger partial charge in [-0.3, -0.25) is 4.68 Å². The van der Waals surface area contributed by atoms with Crippen LogP contribution >= 0.6 is 47.8 Å². The van der Waals surface area contributed by atoms with E-state index in [1.807, 2.05) is 6.07 Å². The Balaban J connectivity index is 2.85. The maximum atomic E-state index is 4.15. The van der Waals surface area contributed by atoms with Gasteiger partial charge in [-0.15, -0.1) is 0 Å². The van der Waals surface area contributed by atoms with Crippen molar-refractivity contribution < 1.29 is 0 Å². The number of hydrogen-bond donors (Lipinski definition) is 0. The molecular formula is C6H5Br3N2. The molecule has 11 heavy (non-hydrogen) atoms. The van der Waals surface area contributed by atoms with Crippen LogP contribution < -0.4 is 0 Å². The van der Waals surface area contributed by atoms with Gasteiger partial charge < -0.3 is 0 Å². The van der Waals surface area contributed by atoms with Crippen LogP contribution in [0.2, 0.25) is 0 Å². The summed E-state index contributed by atoms with van der Waals surface area (Å²) in [6.45, 7) is 4.39. The van der Waals surface area contributed by atoms with Crippen LogP contribution in [0.5, 0.6) is 0 Å². The van der Waals surface area contributed by atoms with E-state index in [1.165, 1.54) is 0 Å². The molecule has 0 spiro atoms. The number of rotatable bonds is 2. The SMILES string of the molecule is C=C(Br)Cn1nc(Br)cc1Br. The minimum atomic E-state index is 0.673. The molecule has 2 nitrogen and oxygen atoms in total. The predicted octanol–water partition coefficient (Wildman–Crippen LogP) is 3.32. The molecule has 0 fully saturated rings. The van der Waals surface area contributed by atoms with Gasteiger partial charge >= 0.3 is 0 Å². The van der Waals surface area contributed by atoms with Crippen molar-refractivity contribution in [2.24, 2.45) is 0 Å². The van der Waals surface area contributed by atoms with Crippen LogP contribution in [0.1, 0.15) is 0 Å². The van der Waals surface area contributed by atoms with Crippen LogP contribution in [0.3, 0.4) is 0 Å². The lowest BCUT2D eigenvalue weighted by atomic mass is 10.6. The summed E-state index contributed by atoms with van der Waals surface area (Å²) >= 11 is 9.88. The summed E-state index contributed by atoms with van der Waals surface area (Å²) in [6, 6.07) is 1.88. The van der Waals surface area contributed by atoms with E-state index in [9.17, 15) is 0 Å². The van der Waals surface area contributed by atoms with Gasteiger partial charge in [0.1, 0.15) is 9.21 Å². The van der Waals surface area contributed by atoms with E-state index >= 15 is 0 Å². The quantitative estimate of drug-likeness (QED) is 0.804. The summed E-state index contributed by atoms with van der Waals surface area (Å²) < 4.78 is 4.44. The first kappa shape index (κ1) is 9.48. The largest absolute Gasteiger partial charge is 0.252 e. The highest BCUT2D eigenvalue weighted by Gasteiger charge is 2.02. The van der Waals surface area contributed by atoms with E-state index in [2.05, 4.69) is 59.5 Å². The molecule has 1 heterocycles. The highest BCUT2D eigenvalue weighted by Crippen LogP contribution is 2.18. The Morgan fingerprint density at radius 3 is 2.64 bits per heavy atom. The molecule has 0 aliphatic heterocycles. The second kappa shape index (κ2) is 3.87. The Kier molecular flexibility index (Phi) is 3.33. The highest BCUT2D eigenvalue weighted by molar-refractivity contribution is 9.11. The van der Waals surface area contributed by atoms with Crippen LogP contribution in [0, 0.1) is 0 Å². The van der Waals surface area contributed by atoms with Crippen molar-refractivity contribution >= 4 is 47.8 Å². The predicted molar refractivity (Wildman–Crippen MR) is 55.7 cm³/mol. The molecule has 5 heteroatoms. The fourth-order valence-corrected chi connectivity index (χ4v) is 2.01. The van der Waals surface area contributed by atoms with Gasteiger partial charge in [0.2, 0.25) is 0 Å². The Morgan fingerprint density at radius 1 is 1.64 bits per heavy atom. The Morgan fingerprint density at radius 2 is 2.27 bits per heavy atom.